The van der Waals surface area contributed by atoms with Gasteiger partial charge in [0.2, 0.25) is 10.0 Å². The molecular weight excluding hydrogens is 260 g/mol. The molecule has 19 heavy (non-hydrogen) atoms. The van der Waals surface area contributed by atoms with Crippen LogP contribution in [0.4, 0.5) is 0 Å². The van der Waals surface area contributed by atoms with Gasteiger partial charge in [0.1, 0.15) is 0 Å². The lowest BCUT2D eigenvalue weighted by Crippen LogP contribution is -2.37. The van der Waals surface area contributed by atoms with E-state index >= 15 is 0 Å². The monoisotopic (exact) mass is 292 g/mol. The summed E-state index contributed by atoms with van der Waals surface area (Å²) in [6, 6.07) is 0. The normalized spacial score (nSPS) is 12.8. The lowest BCUT2D eigenvalue weighted by atomic mass is 9.87. The average Bonchev–Trinajstić information content (AvgIpc) is 2.33. The van der Waals surface area contributed by atoms with E-state index < -0.39 is 10.0 Å². The molecule has 0 aliphatic rings. The first-order valence-electron chi connectivity index (χ1n) is 7.51. The van der Waals surface area contributed by atoms with Gasteiger partial charge in [0.25, 0.3) is 0 Å². The molecule has 4 nitrogen and oxygen atoms in total. The molecule has 0 bridgehead atoms. The number of hydrogen-bond donors (Lipinski definition) is 2. The summed E-state index contributed by atoms with van der Waals surface area (Å²) in [5, 5.41) is 3.11. The topological polar surface area (TPSA) is 58.2 Å². The standard InChI is InChI=1S/C14H32N2O2S/c1-5-7-8-9-14(3,4)13-16-19(17,18)12-11-15-10-6-2/h15-16H,5-13H2,1-4H3. The minimum atomic E-state index is -3.14. The zero-order valence-corrected chi connectivity index (χ0v) is 13.9. The van der Waals surface area contributed by atoms with Gasteiger partial charge in [-0.05, 0) is 24.8 Å². The fourth-order valence-electron chi connectivity index (χ4n) is 1.83. The summed E-state index contributed by atoms with van der Waals surface area (Å²) >= 11 is 0. The second kappa shape index (κ2) is 9.72. The van der Waals surface area contributed by atoms with Crippen molar-refractivity contribution in [2.45, 2.75) is 59.8 Å². The summed E-state index contributed by atoms with van der Waals surface area (Å²) in [5.74, 6) is 0.165. The fraction of sp³-hybridized carbons (Fsp3) is 1.00. The van der Waals surface area contributed by atoms with Crippen LogP contribution in [0.25, 0.3) is 0 Å². The smallest absolute Gasteiger partial charge is 0.212 e. The average molecular weight is 292 g/mol. The molecule has 0 aromatic carbocycles. The Labute approximate surface area is 119 Å². The third-order valence-electron chi connectivity index (χ3n) is 3.20. The fourth-order valence-corrected chi connectivity index (χ4v) is 3.00. The zero-order chi connectivity index (χ0) is 14.8. The molecule has 0 aliphatic carbocycles. The number of hydrogen-bond acceptors (Lipinski definition) is 3. The Hall–Kier alpha value is -0.130. The number of sulfonamides is 1. The molecular formula is C14H32N2O2S. The molecule has 0 fully saturated rings. The zero-order valence-electron chi connectivity index (χ0n) is 13.1. The minimum Gasteiger partial charge on any atom is -0.316 e. The molecule has 0 saturated carbocycles. The quantitative estimate of drug-likeness (QED) is 0.543. The van der Waals surface area contributed by atoms with Crippen LogP contribution in [-0.4, -0.2) is 33.8 Å². The maximum atomic E-state index is 11.8. The highest BCUT2D eigenvalue weighted by atomic mass is 32.2. The van der Waals surface area contributed by atoms with Crippen LogP contribution in [0.3, 0.4) is 0 Å². The first-order valence-corrected chi connectivity index (χ1v) is 9.16. The Kier molecular flexibility index (Phi) is 9.66. The van der Waals surface area contributed by atoms with Crippen molar-refractivity contribution >= 4 is 10.0 Å². The second-order valence-electron chi connectivity index (χ2n) is 6.01. The molecule has 0 aliphatic heterocycles. The van der Waals surface area contributed by atoms with Crippen molar-refractivity contribution in [2.24, 2.45) is 5.41 Å². The summed E-state index contributed by atoms with van der Waals surface area (Å²) in [7, 11) is -3.14. The molecule has 0 unspecified atom stereocenters. The van der Waals surface area contributed by atoms with Crippen LogP contribution in [0.1, 0.15) is 59.8 Å². The second-order valence-corrected chi connectivity index (χ2v) is 7.94. The van der Waals surface area contributed by atoms with Crippen molar-refractivity contribution in [3.63, 3.8) is 0 Å². The van der Waals surface area contributed by atoms with Gasteiger partial charge in [0.15, 0.2) is 0 Å². The van der Waals surface area contributed by atoms with Crippen LogP contribution in [0.5, 0.6) is 0 Å². The molecule has 0 atom stereocenters. The minimum absolute atomic E-state index is 0.0408. The van der Waals surface area contributed by atoms with Crippen LogP contribution in [-0.2, 0) is 10.0 Å². The molecule has 0 aromatic heterocycles. The SMILES string of the molecule is CCCCCC(C)(C)CNS(=O)(=O)CCNCCC. The van der Waals surface area contributed by atoms with Crippen molar-refractivity contribution in [1.29, 1.82) is 0 Å². The van der Waals surface area contributed by atoms with Crippen LogP contribution in [0.15, 0.2) is 0 Å². The third-order valence-corrected chi connectivity index (χ3v) is 4.53. The molecule has 0 aromatic rings. The molecule has 5 heteroatoms. The van der Waals surface area contributed by atoms with Crippen LogP contribution in [0.2, 0.25) is 0 Å². The number of rotatable bonds is 12. The molecule has 0 rings (SSSR count). The highest BCUT2D eigenvalue weighted by molar-refractivity contribution is 7.89. The van der Waals surface area contributed by atoms with Gasteiger partial charge in [-0.25, -0.2) is 13.1 Å². The van der Waals surface area contributed by atoms with Gasteiger partial charge >= 0.3 is 0 Å². The molecule has 0 heterocycles. The first kappa shape index (κ1) is 18.9. The van der Waals surface area contributed by atoms with Crippen LogP contribution >= 0.6 is 0 Å². The van der Waals surface area contributed by atoms with Gasteiger partial charge in [-0.15, -0.1) is 0 Å². The van der Waals surface area contributed by atoms with E-state index in [4.69, 9.17) is 0 Å². The highest BCUT2D eigenvalue weighted by Crippen LogP contribution is 2.22. The van der Waals surface area contributed by atoms with E-state index in [9.17, 15) is 8.42 Å². The van der Waals surface area contributed by atoms with E-state index in [-0.39, 0.29) is 11.2 Å². The molecule has 0 saturated heterocycles. The first-order chi connectivity index (χ1) is 8.83. The summed E-state index contributed by atoms with van der Waals surface area (Å²) in [5.41, 5.74) is 0.0408. The summed E-state index contributed by atoms with van der Waals surface area (Å²) in [6.07, 6.45) is 5.68. The van der Waals surface area contributed by atoms with Crippen LogP contribution < -0.4 is 10.0 Å². The van der Waals surface area contributed by atoms with Gasteiger partial charge in [0.05, 0.1) is 5.75 Å². The van der Waals surface area contributed by atoms with Crippen molar-refractivity contribution < 1.29 is 8.42 Å². The largest absolute Gasteiger partial charge is 0.316 e. The van der Waals surface area contributed by atoms with E-state index in [1.165, 1.54) is 19.3 Å². The summed E-state index contributed by atoms with van der Waals surface area (Å²) in [4.78, 5) is 0. The number of nitrogens with one attached hydrogen (secondary N) is 2. The lowest BCUT2D eigenvalue weighted by molar-refractivity contribution is 0.320. The van der Waals surface area contributed by atoms with Crippen molar-refractivity contribution in [1.82, 2.24) is 10.0 Å². The Bertz CT molecular complexity index is 313. The van der Waals surface area contributed by atoms with Gasteiger partial charge in [0, 0.05) is 13.1 Å². The Morgan fingerprint density at radius 2 is 1.68 bits per heavy atom. The molecule has 116 valence electrons. The van der Waals surface area contributed by atoms with Crippen molar-refractivity contribution in [3.05, 3.63) is 0 Å². The summed E-state index contributed by atoms with van der Waals surface area (Å²) < 4.78 is 26.4. The summed E-state index contributed by atoms with van der Waals surface area (Å²) in [6.45, 7) is 10.4. The Morgan fingerprint density at radius 3 is 2.26 bits per heavy atom. The van der Waals surface area contributed by atoms with Gasteiger partial charge in [-0.3, -0.25) is 0 Å². The van der Waals surface area contributed by atoms with Gasteiger partial charge in [-0.2, -0.15) is 0 Å². The maximum Gasteiger partial charge on any atom is 0.212 e. The van der Waals surface area contributed by atoms with Crippen molar-refractivity contribution in [2.75, 3.05) is 25.4 Å². The molecule has 0 spiro atoms. The predicted octanol–water partition coefficient (Wildman–Crippen LogP) is 2.51. The van der Waals surface area contributed by atoms with Crippen molar-refractivity contribution in [3.8, 4) is 0 Å². The Balaban J connectivity index is 3.93. The molecule has 0 amide bonds. The maximum absolute atomic E-state index is 11.8. The number of unbranched alkanes of at least 4 members (excludes halogenated alkanes) is 2. The molecule has 0 radical (unpaired) electrons. The van der Waals surface area contributed by atoms with Crippen LogP contribution in [0, 0.1) is 5.41 Å². The van der Waals surface area contributed by atoms with E-state index in [1.807, 2.05) is 0 Å². The lowest BCUT2D eigenvalue weighted by Gasteiger charge is -2.24. The third kappa shape index (κ3) is 11.4. The highest BCUT2D eigenvalue weighted by Gasteiger charge is 2.20. The van der Waals surface area contributed by atoms with E-state index in [2.05, 4.69) is 37.7 Å². The Morgan fingerprint density at radius 1 is 1.00 bits per heavy atom. The predicted molar refractivity (Wildman–Crippen MR) is 82.9 cm³/mol. The van der Waals surface area contributed by atoms with E-state index in [0.717, 1.165) is 19.4 Å². The van der Waals surface area contributed by atoms with Gasteiger partial charge < -0.3 is 5.32 Å². The molecule has 2 N–H and O–H groups in total. The van der Waals surface area contributed by atoms with E-state index in [0.29, 0.717) is 13.1 Å². The van der Waals surface area contributed by atoms with E-state index in [1.54, 1.807) is 0 Å². The van der Waals surface area contributed by atoms with Gasteiger partial charge in [-0.1, -0.05) is 47.0 Å².